The number of nitriles is 1. The van der Waals surface area contributed by atoms with Gasteiger partial charge in [0.2, 0.25) is 0 Å². The van der Waals surface area contributed by atoms with Gasteiger partial charge in [0.25, 0.3) is 0 Å². The zero-order chi connectivity index (χ0) is 17.0. The van der Waals surface area contributed by atoms with Gasteiger partial charge in [-0.1, -0.05) is 32.4 Å². The Kier molecular flexibility index (Phi) is 3.90. The monoisotopic (exact) mass is 313 g/mol. The van der Waals surface area contributed by atoms with Crippen molar-refractivity contribution in [3.63, 3.8) is 0 Å². The summed E-state index contributed by atoms with van der Waals surface area (Å²) in [6, 6.07) is 2.49. The van der Waals surface area contributed by atoms with Crippen LogP contribution in [0.2, 0.25) is 0 Å². The smallest absolute Gasteiger partial charge is 0.101 e. The van der Waals surface area contributed by atoms with E-state index in [0.717, 1.165) is 24.0 Å². The van der Waals surface area contributed by atoms with E-state index in [9.17, 15) is 5.26 Å². The summed E-state index contributed by atoms with van der Waals surface area (Å²) in [6.07, 6.45) is 8.09. The number of hydrogen-bond donors (Lipinski definition) is 0. The maximum atomic E-state index is 9.57. The second-order valence-corrected chi connectivity index (χ2v) is 9.28. The van der Waals surface area contributed by atoms with Crippen molar-refractivity contribution >= 4 is 0 Å². The minimum Gasteiger partial charge on any atom is -0.494 e. The number of nitrogens with zero attached hydrogens (tertiary/aromatic N) is 1. The number of fused-ring (bicyclic) bond motifs is 2. The van der Waals surface area contributed by atoms with Gasteiger partial charge in [0.05, 0.1) is 11.5 Å². The summed E-state index contributed by atoms with van der Waals surface area (Å²) in [7, 11) is 0. The zero-order valence-electron chi connectivity index (χ0n) is 15.5. The number of ether oxygens (including phenoxy) is 1. The van der Waals surface area contributed by atoms with E-state index in [0.29, 0.717) is 17.4 Å². The molecule has 0 aliphatic heterocycles. The first-order chi connectivity index (χ1) is 10.7. The van der Waals surface area contributed by atoms with E-state index in [1.54, 1.807) is 0 Å². The average Bonchev–Trinajstić information content (AvgIpc) is 2.50. The predicted molar refractivity (Wildman–Crippen MR) is 93.4 cm³/mol. The molecule has 5 atom stereocenters. The third-order valence-electron chi connectivity index (χ3n) is 7.13. The Hall–Kier alpha value is -1.23. The van der Waals surface area contributed by atoms with Gasteiger partial charge in [0.1, 0.15) is 11.9 Å². The molecule has 0 saturated heterocycles. The molecule has 3 saturated carbocycles. The van der Waals surface area contributed by atoms with E-state index in [4.69, 9.17) is 4.74 Å². The number of rotatable bonds is 3. The van der Waals surface area contributed by atoms with Gasteiger partial charge in [-0.25, -0.2) is 0 Å². The van der Waals surface area contributed by atoms with Crippen LogP contribution in [0.25, 0.3) is 0 Å². The van der Waals surface area contributed by atoms with Crippen molar-refractivity contribution in [2.24, 2.45) is 34.5 Å². The van der Waals surface area contributed by atoms with Crippen LogP contribution in [-0.2, 0) is 4.74 Å². The number of hydrogen-bond acceptors (Lipinski definition) is 2. The minimum atomic E-state index is -0.387. The molecule has 1 unspecified atom stereocenters. The Labute approximate surface area is 141 Å². The molecule has 23 heavy (non-hydrogen) atoms. The molecule has 2 heteroatoms. The average molecular weight is 313 g/mol. The van der Waals surface area contributed by atoms with Crippen molar-refractivity contribution in [2.75, 3.05) is 0 Å². The van der Waals surface area contributed by atoms with Gasteiger partial charge >= 0.3 is 0 Å². The Morgan fingerprint density at radius 3 is 2.52 bits per heavy atom. The van der Waals surface area contributed by atoms with E-state index in [-0.39, 0.29) is 11.3 Å². The molecule has 0 aromatic rings. The lowest BCUT2D eigenvalue weighted by atomic mass is 9.45. The second kappa shape index (κ2) is 5.40. The first-order valence-corrected chi connectivity index (χ1v) is 9.12. The molecule has 0 aromatic heterocycles. The third kappa shape index (κ3) is 2.63. The van der Waals surface area contributed by atoms with Gasteiger partial charge in [-0.2, -0.15) is 5.26 Å². The van der Waals surface area contributed by atoms with Crippen molar-refractivity contribution in [3.05, 3.63) is 23.5 Å². The van der Waals surface area contributed by atoms with Crippen LogP contribution in [0.15, 0.2) is 23.5 Å². The summed E-state index contributed by atoms with van der Waals surface area (Å²) in [5, 5.41) is 9.57. The number of allylic oxidation sites excluding steroid dienone is 4. The van der Waals surface area contributed by atoms with Crippen molar-refractivity contribution in [2.45, 2.75) is 66.9 Å². The Balaban J connectivity index is 1.78. The lowest BCUT2D eigenvalue weighted by Crippen LogP contribution is -2.57. The summed E-state index contributed by atoms with van der Waals surface area (Å²) in [4.78, 5) is 0. The van der Waals surface area contributed by atoms with Gasteiger partial charge in [-0.3, -0.25) is 0 Å². The highest BCUT2D eigenvalue weighted by Gasteiger charge is 2.57. The summed E-state index contributed by atoms with van der Waals surface area (Å²) in [6.45, 7) is 13.4. The van der Waals surface area contributed by atoms with Gasteiger partial charge in [-0.15, -0.1) is 0 Å². The van der Waals surface area contributed by atoms with Crippen molar-refractivity contribution in [3.8, 4) is 6.07 Å². The van der Waals surface area contributed by atoms with Crippen LogP contribution in [0.3, 0.4) is 0 Å². The SMILES string of the molecule is CC1=CC=C(O[C@H]2C[C@H]3C[C@@H]([C@@H]2C)C3(C)C)C(C(C)(C)C#N)C1. The molecule has 0 spiro atoms. The van der Waals surface area contributed by atoms with Gasteiger partial charge in [0.15, 0.2) is 0 Å². The molecule has 0 radical (unpaired) electrons. The molecular formula is C21H31NO. The summed E-state index contributed by atoms with van der Waals surface area (Å²) in [5.41, 5.74) is 1.44. The summed E-state index contributed by atoms with van der Waals surface area (Å²) < 4.78 is 6.55. The molecular weight excluding hydrogens is 282 g/mol. The van der Waals surface area contributed by atoms with E-state index in [2.05, 4.69) is 45.9 Å². The van der Waals surface area contributed by atoms with E-state index < -0.39 is 0 Å². The second-order valence-electron chi connectivity index (χ2n) is 9.28. The molecule has 0 N–H and O–H groups in total. The van der Waals surface area contributed by atoms with Crippen LogP contribution < -0.4 is 0 Å². The van der Waals surface area contributed by atoms with E-state index in [1.807, 2.05) is 13.8 Å². The van der Waals surface area contributed by atoms with Gasteiger partial charge in [-0.05, 0) is 69.3 Å². The molecule has 3 fully saturated rings. The lowest BCUT2D eigenvalue weighted by molar-refractivity contribution is -0.164. The Morgan fingerprint density at radius 2 is 1.96 bits per heavy atom. The summed E-state index contributed by atoms with van der Waals surface area (Å²) >= 11 is 0. The molecule has 0 heterocycles. The third-order valence-corrected chi connectivity index (χ3v) is 7.13. The molecule has 0 amide bonds. The first-order valence-electron chi connectivity index (χ1n) is 9.12. The van der Waals surface area contributed by atoms with Crippen molar-refractivity contribution < 1.29 is 4.74 Å². The predicted octanol–water partition coefficient (Wildman–Crippen LogP) is 5.47. The maximum Gasteiger partial charge on any atom is 0.101 e. The normalized spacial score (nSPS) is 38.7. The van der Waals surface area contributed by atoms with Crippen LogP contribution in [0.1, 0.15) is 60.8 Å². The van der Waals surface area contributed by atoms with Crippen molar-refractivity contribution in [1.82, 2.24) is 0 Å². The first kappa shape index (κ1) is 16.6. The van der Waals surface area contributed by atoms with Gasteiger partial charge in [0, 0.05) is 5.92 Å². The molecule has 2 nitrogen and oxygen atoms in total. The van der Waals surface area contributed by atoms with E-state index in [1.165, 1.54) is 18.4 Å². The topological polar surface area (TPSA) is 33.0 Å². The van der Waals surface area contributed by atoms with Crippen LogP contribution in [0, 0.1) is 45.8 Å². The molecule has 4 aliphatic carbocycles. The molecule has 4 rings (SSSR count). The highest BCUT2D eigenvalue weighted by Crippen LogP contribution is 2.62. The molecule has 0 aromatic carbocycles. The fraction of sp³-hybridized carbons (Fsp3) is 0.762. The molecule has 126 valence electrons. The quantitative estimate of drug-likeness (QED) is 0.691. The molecule has 2 bridgehead atoms. The van der Waals surface area contributed by atoms with Crippen LogP contribution in [0.4, 0.5) is 0 Å². The van der Waals surface area contributed by atoms with Crippen LogP contribution in [-0.4, -0.2) is 6.10 Å². The van der Waals surface area contributed by atoms with Crippen LogP contribution >= 0.6 is 0 Å². The fourth-order valence-corrected chi connectivity index (χ4v) is 5.07. The summed E-state index contributed by atoms with van der Waals surface area (Å²) in [5.74, 6) is 3.41. The van der Waals surface area contributed by atoms with Gasteiger partial charge < -0.3 is 4.74 Å². The zero-order valence-corrected chi connectivity index (χ0v) is 15.5. The molecule has 4 aliphatic rings. The Morgan fingerprint density at radius 1 is 1.26 bits per heavy atom. The highest BCUT2D eigenvalue weighted by molar-refractivity contribution is 5.26. The maximum absolute atomic E-state index is 9.57. The highest BCUT2D eigenvalue weighted by atomic mass is 16.5. The Bertz CT molecular complexity index is 589. The standard InChI is InChI=1S/C21H31NO/c1-13-7-8-18(17(9-13)20(3,4)12-22)23-19-11-15-10-16(14(19)2)21(15,5)6/h7-8,14-17,19H,9-11H2,1-6H3/t14-,15+,16-,17?,19-/m0/s1. The minimum absolute atomic E-state index is 0.177. The van der Waals surface area contributed by atoms with E-state index >= 15 is 0 Å². The van der Waals surface area contributed by atoms with Crippen LogP contribution in [0.5, 0.6) is 0 Å². The largest absolute Gasteiger partial charge is 0.494 e. The fourth-order valence-electron chi connectivity index (χ4n) is 5.07. The lowest BCUT2D eigenvalue weighted by Gasteiger charge is -2.61. The van der Waals surface area contributed by atoms with Crippen molar-refractivity contribution in [1.29, 1.82) is 5.26 Å².